The van der Waals surface area contributed by atoms with Gasteiger partial charge < -0.3 is 9.64 Å². The Kier molecular flexibility index (Phi) is 6.40. The Labute approximate surface area is 179 Å². The highest BCUT2D eigenvalue weighted by Crippen LogP contribution is 2.23. The number of carbonyl (C=O) groups excluding carboxylic acids is 1. The molecule has 1 fully saturated rings. The predicted octanol–water partition coefficient (Wildman–Crippen LogP) is 3.84. The lowest BCUT2D eigenvalue weighted by molar-refractivity contribution is -0.132. The number of aromatic nitrogens is 1. The van der Waals surface area contributed by atoms with Gasteiger partial charge in [-0.15, -0.1) is 11.3 Å². The van der Waals surface area contributed by atoms with E-state index in [0.717, 1.165) is 60.3 Å². The van der Waals surface area contributed by atoms with Gasteiger partial charge in [0.25, 0.3) is 0 Å². The van der Waals surface area contributed by atoms with Gasteiger partial charge in [0, 0.05) is 37.1 Å². The fourth-order valence-corrected chi connectivity index (χ4v) is 4.40. The maximum absolute atomic E-state index is 13.1. The van der Waals surface area contributed by atoms with Gasteiger partial charge in [-0.1, -0.05) is 12.1 Å². The van der Waals surface area contributed by atoms with Crippen LogP contribution in [0.15, 0.2) is 53.9 Å². The van der Waals surface area contributed by atoms with E-state index < -0.39 is 0 Å². The first-order chi connectivity index (χ1) is 14.6. The van der Waals surface area contributed by atoms with E-state index in [2.05, 4.69) is 4.90 Å². The molecule has 0 atom stereocenters. The lowest BCUT2D eigenvalue weighted by atomic mass is 10.1. The molecule has 0 N–H and O–H groups in total. The van der Waals surface area contributed by atoms with Crippen molar-refractivity contribution in [1.29, 1.82) is 0 Å². The second-order valence-electron chi connectivity index (χ2n) is 7.32. The summed E-state index contributed by atoms with van der Waals surface area (Å²) in [6, 6.07) is 14.1. The summed E-state index contributed by atoms with van der Waals surface area (Å²) < 4.78 is 18.3. The number of methoxy groups -OCH3 is 1. The molecule has 3 aromatic rings. The molecule has 0 radical (unpaired) electrons. The molecule has 4 rings (SSSR count). The first kappa shape index (κ1) is 20.5. The van der Waals surface area contributed by atoms with Gasteiger partial charge in [0.15, 0.2) is 0 Å². The van der Waals surface area contributed by atoms with Crippen LogP contribution in [0.5, 0.6) is 5.75 Å². The lowest BCUT2D eigenvalue weighted by Gasteiger charge is -2.34. The van der Waals surface area contributed by atoms with Crippen molar-refractivity contribution >= 4 is 17.2 Å². The fraction of sp³-hybridized carbons (Fsp3) is 0.304. The van der Waals surface area contributed by atoms with Gasteiger partial charge in [-0.2, -0.15) is 0 Å². The number of hydrogen-bond acceptors (Lipinski definition) is 5. The Morgan fingerprint density at radius 2 is 1.90 bits per heavy atom. The molecular formula is C23H24FN3O2S. The number of halogens is 1. The predicted molar refractivity (Wildman–Crippen MR) is 116 cm³/mol. The third kappa shape index (κ3) is 5.04. The molecule has 1 amide bonds. The van der Waals surface area contributed by atoms with Crippen LogP contribution < -0.4 is 4.74 Å². The first-order valence-corrected chi connectivity index (χ1v) is 10.8. The number of nitrogens with zero attached hydrogens (tertiary/aromatic N) is 3. The van der Waals surface area contributed by atoms with Crippen LogP contribution in [-0.2, 0) is 17.8 Å². The number of amides is 1. The number of hydrogen-bond donors (Lipinski definition) is 0. The molecule has 1 aliphatic heterocycles. The van der Waals surface area contributed by atoms with E-state index in [-0.39, 0.29) is 11.7 Å². The molecule has 0 saturated carbocycles. The molecule has 30 heavy (non-hydrogen) atoms. The van der Waals surface area contributed by atoms with E-state index in [1.54, 1.807) is 30.6 Å². The molecule has 0 unspecified atom stereocenters. The van der Waals surface area contributed by atoms with Crippen LogP contribution in [0.2, 0.25) is 0 Å². The molecule has 0 bridgehead atoms. The summed E-state index contributed by atoms with van der Waals surface area (Å²) in [7, 11) is 1.63. The number of ether oxygens (including phenoxy) is 1. The third-order valence-electron chi connectivity index (χ3n) is 5.27. The van der Waals surface area contributed by atoms with Crippen LogP contribution in [0.1, 0.15) is 10.6 Å². The smallest absolute Gasteiger partial charge is 0.227 e. The number of benzene rings is 2. The second kappa shape index (κ2) is 9.36. The lowest BCUT2D eigenvalue weighted by Crippen LogP contribution is -2.48. The second-order valence-corrected chi connectivity index (χ2v) is 8.26. The summed E-state index contributed by atoms with van der Waals surface area (Å²) in [6.07, 6.45) is 0.394. The summed E-state index contributed by atoms with van der Waals surface area (Å²) in [5.41, 5.74) is 2.77. The van der Waals surface area contributed by atoms with Gasteiger partial charge in [-0.3, -0.25) is 9.69 Å². The maximum Gasteiger partial charge on any atom is 0.227 e. The zero-order valence-electron chi connectivity index (χ0n) is 16.9. The molecule has 156 valence electrons. The van der Waals surface area contributed by atoms with Crippen LogP contribution in [0.4, 0.5) is 4.39 Å². The van der Waals surface area contributed by atoms with Crippen molar-refractivity contribution in [3.8, 4) is 17.0 Å². The molecular weight excluding hydrogens is 401 g/mol. The van der Waals surface area contributed by atoms with E-state index in [1.165, 1.54) is 12.1 Å². The van der Waals surface area contributed by atoms with E-state index >= 15 is 0 Å². The van der Waals surface area contributed by atoms with E-state index in [4.69, 9.17) is 9.72 Å². The summed E-state index contributed by atoms with van der Waals surface area (Å²) >= 11 is 1.62. The Balaban J connectivity index is 1.28. The summed E-state index contributed by atoms with van der Waals surface area (Å²) in [5, 5.41) is 3.04. The van der Waals surface area contributed by atoms with Crippen LogP contribution in [0.3, 0.4) is 0 Å². The van der Waals surface area contributed by atoms with Crippen LogP contribution in [0, 0.1) is 5.82 Å². The van der Waals surface area contributed by atoms with Crippen molar-refractivity contribution < 1.29 is 13.9 Å². The van der Waals surface area contributed by atoms with E-state index in [1.807, 2.05) is 34.5 Å². The molecule has 0 spiro atoms. The van der Waals surface area contributed by atoms with Crippen molar-refractivity contribution in [2.45, 2.75) is 13.0 Å². The molecule has 0 aliphatic carbocycles. The molecule has 1 aliphatic rings. The quantitative estimate of drug-likeness (QED) is 0.602. The molecule has 1 saturated heterocycles. The average Bonchev–Trinajstić information content (AvgIpc) is 3.23. The summed E-state index contributed by atoms with van der Waals surface area (Å²) in [6.45, 7) is 3.87. The normalized spacial score (nSPS) is 14.7. The molecule has 1 aromatic heterocycles. The molecule has 5 nitrogen and oxygen atoms in total. The average molecular weight is 426 g/mol. The first-order valence-electron chi connectivity index (χ1n) is 9.94. The zero-order chi connectivity index (χ0) is 20.9. The van der Waals surface area contributed by atoms with Crippen LogP contribution >= 0.6 is 11.3 Å². The molecule has 2 heterocycles. The summed E-state index contributed by atoms with van der Waals surface area (Å²) in [4.78, 5) is 21.6. The Bertz CT molecular complexity index is 998. The van der Waals surface area contributed by atoms with E-state index in [9.17, 15) is 9.18 Å². The van der Waals surface area contributed by atoms with Gasteiger partial charge in [0.2, 0.25) is 5.91 Å². The standard InChI is InChI=1S/C23H24FN3O2S/c1-29-20-4-2-3-17(13-20)14-23(28)27-11-9-26(10-12-27)15-22-25-21(16-30-22)18-5-7-19(24)8-6-18/h2-8,13,16H,9-12,14-15H2,1H3. The zero-order valence-corrected chi connectivity index (χ0v) is 17.7. The minimum Gasteiger partial charge on any atom is -0.497 e. The highest BCUT2D eigenvalue weighted by atomic mass is 32.1. The molecule has 2 aromatic carbocycles. The third-order valence-corrected chi connectivity index (χ3v) is 6.10. The number of rotatable bonds is 6. The van der Waals surface area contributed by atoms with Crippen molar-refractivity contribution in [1.82, 2.24) is 14.8 Å². The monoisotopic (exact) mass is 425 g/mol. The number of carbonyl (C=O) groups is 1. The highest BCUT2D eigenvalue weighted by molar-refractivity contribution is 7.09. The fourth-order valence-electron chi connectivity index (χ4n) is 3.55. The van der Waals surface area contributed by atoms with Crippen molar-refractivity contribution in [3.05, 3.63) is 70.3 Å². The van der Waals surface area contributed by atoms with Crippen molar-refractivity contribution in [2.75, 3.05) is 33.3 Å². The van der Waals surface area contributed by atoms with Gasteiger partial charge in [0.1, 0.15) is 16.6 Å². The summed E-state index contributed by atoms with van der Waals surface area (Å²) in [5.74, 6) is 0.678. The van der Waals surface area contributed by atoms with Gasteiger partial charge in [-0.25, -0.2) is 9.37 Å². The number of piperazine rings is 1. The largest absolute Gasteiger partial charge is 0.497 e. The van der Waals surface area contributed by atoms with Gasteiger partial charge in [0.05, 0.1) is 25.8 Å². The van der Waals surface area contributed by atoms with Gasteiger partial charge in [-0.05, 0) is 42.0 Å². The highest BCUT2D eigenvalue weighted by Gasteiger charge is 2.22. The van der Waals surface area contributed by atoms with Crippen molar-refractivity contribution in [2.24, 2.45) is 0 Å². The Morgan fingerprint density at radius 3 is 2.63 bits per heavy atom. The Hall–Kier alpha value is -2.77. The van der Waals surface area contributed by atoms with Crippen molar-refractivity contribution in [3.63, 3.8) is 0 Å². The van der Waals surface area contributed by atoms with E-state index in [0.29, 0.717) is 6.42 Å². The maximum atomic E-state index is 13.1. The molecule has 7 heteroatoms. The minimum absolute atomic E-state index is 0.149. The SMILES string of the molecule is COc1cccc(CC(=O)N2CCN(Cc3nc(-c4ccc(F)cc4)cs3)CC2)c1. The Morgan fingerprint density at radius 1 is 1.13 bits per heavy atom. The number of thiazole rings is 1. The van der Waals surface area contributed by atoms with Gasteiger partial charge >= 0.3 is 0 Å². The topological polar surface area (TPSA) is 45.7 Å². The minimum atomic E-state index is -0.243. The van der Waals surface area contributed by atoms with Crippen LogP contribution in [0.25, 0.3) is 11.3 Å². The van der Waals surface area contributed by atoms with Crippen LogP contribution in [-0.4, -0.2) is 54.0 Å².